The van der Waals surface area contributed by atoms with E-state index in [-0.39, 0.29) is 11.0 Å². The molecule has 0 aliphatic carbocycles. The Morgan fingerprint density at radius 3 is 2.22 bits per heavy atom. The van der Waals surface area contributed by atoms with Crippen LogP contribution in [0.1, 0.15) is 60.3 Å². The summed E-state index contributed by atoms with van der Waals surface area (Å²) in [5.41, 5.74) is 0. The van der Waals surface area contributed by atoms with Crippen molar-refractivity contribution in [2.75, 3.05) is 6.61 Å². The molecule has 0 bridgehead atoms. The summed E-state index contributed by atoms with van der Waals surface area (Å²) in [6.45, 7) is 15.9. The van der Waals surface area contributed by atoms with Crippen LogP contribution in [0.4, 0.5) is 0 Å². The second kappa shape index (κ2) is 10.8. The smallest absolute Gasteiger partial charge is 0.306 e. The van der Waals surface area contributed by atoms with Crippen LogP contribution >= 0.6 is 0 Å². The molecule has 0 aliphatic heterocycles. The van der Waals surface area contributed by atoms with Gasteiger partial charge in [0.05, 0.1) is 6.61 Å². The van der Waals surface area contributed by atoms with E-state index in [2.05, 4.69) is 46.9 Å². The van der Waals surface area contributed by atoms with E-state index in [4.69, 9.17) is 9.16 Å². The van der Waals surface area contributed by atoms with Crippen LogP contribution in [0.25, 0.3) is 0 Å². The Morgan fingerprint density at radius 1 is 1.13 bits per heavy atom. The average molecular weight is 341 g/mol. The van der Waals surface area contributed by atoms with Crippen molar-refractivity contribution in [1.29, 1.82) is 0 Å². The maximum Gasteiger partial charge on any atom is 0.306 e. The van der Waals surface area contributed by atoms with E-state index in [0.717, 1.165) is 19.3 Å². The van der Waals surface area contributed by atoms with Gasteiger partial charge in [0.2, 0.25) is 0 Å². The first kappa shape index (κ1) is 22.1. The number of ether oxygens (including phenoxy) is 1. The van der Waals surface area contributed by atoms with E-state index in [9.17, 15) is 4.79 Å². The maximum absolute atomic E-state index is 11.2. The molecule has 0 fully saturated rings. The fourth-order valence-electron chi connectivity index (χ4n) is 1.85. The monoisotopic (exact) mass is 340 g/mol. The standard InChI is InChI=1S/C19H36O3Si/c1-8-21-18(20)16-14-12-10-9-11-13-15-17(2)22-23(6,7)19(3,4)5/h9-12,17H,8,13-16H2,1-7H3/b11-9-,12-10+/t17-/m0/s1. The molecule has 3 nitrogen and oxygen atoms in total. The number of esters is 1. The molecule has 0 saturated carbocycles. The van der Waals surface area contributed by atoms with Gasteiger partial charge in [-0.3, -0.25) is 4.79 Å². The maximum atomic E-state index is 11.2. The zero-order valence-corrected chi connectivity index (χ0v) is 17.1. The van der Waals surface area contributed by atoms with Gasteiger partial charge >= 0.3 is 5.97 Å². The van der Waals surface area contributed by atoms with Crippen LogP contribution in [-0.2, 0) is 14.0 Å². The van der Waals surface area contributed by atoms with Gasteiger partial charge < -0.3 is 9.16 Å². The number of carbonyl (C=O) groups is 1. The number of hydrogen-bond donors (Lipinski definition) is 0. The minimum atomic E-state index is -1.65. The van der Waals surface area contributed by atoms with Crippen LogP contribution in [0.15, 0.2) is 24.3 Å². The molecule has 0 radical (unpaired) electrons. The summed E-state index contributed by atoms with van der Waals surface area (Å²) in [6.07, 6.45) is 11.7. The van der Waals surface area contributed by atoms with Gasteiger partial charge in [0.1, 0.15) is 0 Å². The molecule has 0 aliphatic rings. The first-order valence-corrected chi connectivity index (χ1v) is 11.7. The topological polar surface area (TPSA) is 35.5 Å². The summed E-state index contributed by atoms with van der Waals surface area (Å²) in [4.78, 5) is 11.2. The highest BCUT2D eigenvalue weighted by Crippen LogP contribution is 2.37. The summed E-state index contributed by atoms with van der Waals surface area (Å²) in [5.74, 6) is -0.127. The third-order valence-electron chi connectivity index (χ3n) is 4.25. The summed E-state index contributed by atoms with van der Waals surface area (Å²) in [6, 6.07) is 0. The van der Waals surface area contributed by atoms with Crippen LogP contribution < -0.4 is 0 Å². The summed E-state index contributed by atoms with van der Waals surface area (Å²) >= 11 is 0. The van der Waals surface area contributed by atoms with Crippen molar-refractivity contribution in [3.63, 3.8) is 0 Å². The molecule has 0 aromatic carbocycles. The van der Waals surface area contributed by atoms with Crippen molar-refractivity contribution in [3.05, 3.63) is 24.3 Å². The molecule has 1 atom stereocenters. The minimum absolute atomic E-state index is 0.127. The second-order valence-electron chi connectivity index (χ2n) is 7.47. The molecular formula is C19H36O3Si. The van der Waals surface area contributed by atoms with Gasteiger partial charge in [-0.25, -0.2) is 0 Å². The van der Waals surface area contributed by atoms with Crippen molar-refractivity contribution in [2.24, 2.45) is 0 Å². The molecule has 0 unspecified atom stereocenters. The predicted octanol–water partition coefficient (Wildman–Crippen LogP) is 5.63. The number of rotatable bonds is 10. The highest BCUT2D eigenvalue weighted by molar-refractivity contribution is 6.74. The summed E-state index contributed by atoms with van der Waals surface area (Å²) in [5, 5.41) is 0.263. The Bertz CT molecular complexity index is 392. The molecule has 0 saturated heterocycles. The molecule has 0 rings (SSSR count). The molecule has 0 heterocycles. The van der Waals surface area contributed by atoms with Crippen LogP contribution in [0.2, 0.25) is 18.1 Å². The predicted molar refractivity (Wildman–Crippen MR) is 101 cm³/mol. The summed E-state index contributed by atoms with van der Waals surface area (Å²) < 4.78 is 11.2. The van der Waals surface area contributed by atoms with Gasteiger partial charge in [0.15, 0.2) is 8.32 Å². The van der Waals surface area contributed by atoms with E-state index in [1.54, 1.807) is 0 Å². The lowest BCUT2D eigenvalue weighted by Gasteiger charge is -2.38. The van der Waals surface area contributed by atoms with E-state index >= 15 is 0 Å². The van der Waals surface area contributed by atoms with E-state index in [1.807, 2.05) is 25.2 Å². The fraction of sp³-hybridized carbons (Fsp3) is 0.737. The molecule has 0 N–H and O–H groups in total. The normalized spacial score (nSPS) is 14.6. The minimum Gasteiger partial charge on any atom is -0.466 e. The van der Waals surface area contributed by atoms with Crippen molar-refractivity contribution in [1.82, 2.24) is 0 Å². The van der Waals surface area contributed by atoms with Gasteiger partial charge in [-0.2, -0.15) is 0 Å². The zero-order chi connectivity index (χ0) is 17.9. The van der Waals surface area contributed by atoms with Crippen molar-refractivity contribution in [2.45, 2.75) is 84.5 Å². The fourth-order valence-corrected chi connectivity index (χ4v) is 3.33. The molecule has 134 valence electrons. The SMILES string of the molecule is CCOC(=O)CC/C=C/C=C\CC[C@H](C)O[Si](C)(C)C(C)(C)C. The third-order valence-corrected chi connectivity index (χ3v) is 8.85. The van der Waals surface area contributed by atoms with Crippen molar-refractivity contribution >= 4 is 14.3 Å². The lowest BCUT2D eigenvalue weighted by Crippen LogP contribution is -2.43. The van der Waals surface area contributed by atoms with E-state index < -0.39 is 8.32 Å². The summed E-state index contributed by atoms with van der Waals surface area (Å²) in [7, 11) is -1.65. The second-order valence-corrected chi connectivity index (χ2v) is 12.2. The molecule has 0 amide bonds. The van der Waals surface area contributed by atoms with Crippen LogP contribution in [0.5, 0.6) is 0 Å². The highest BCUT2D eigenvalue weighted by atomic mass is 28.4. The number of allylic oxidation sites excluding steroid dienone is 4. The van der Waals surface area contributed by atoms with Gasteiger partial charge in [0.25, 0.3) is 0 Å². The Hall–Kier alpha value is -0.873. The Kier molecular flexibility index (Phi) is 10.4. The quantitative estimate of drug-likeness (QED) is 0.293. The van der Waals surface area contributed by atoms with Crippen LogP contribution in [0.3, 0.4) is 0 Å². The zero-order valence-electron chi connectivity index (χ0n) is 16.1. The molecular weight excluding hydrogens is 304 g/mol. The number of carbonyl (C=O) groups excluding carboxylic acids is 1. The van der Waals surface area contributed by atoms with Gasteiger partial charge in [0, 0.05) is 12.5 Å². The Morgan fingerprint density at radius 2 is 1.70 bits per heavy atom. The molecule has 23 heavy (non-hydrogen) atoms. The lowest BCUT2D eigenvalue weighted by molar-refractivity contribution is -0.143. The third kappa shape index (κ3) is 10.5. The molecule has 0 aromatic heterocycles. The largest absolute Gasteiger partial charge is 0.466 e. The Labute approximate surface area is 144 Å². The van der Waals surface area contributed by atoms with Crippen molar-refractivity contribution in [3.8, 4) is 0 Å². The highest BCUT2D eigenvalue weighted by Gasteiger charge is 2.38. The average Bonchev–Trinajstić information content (AvgIpc) is 2.40. The first-order valence-electron chi connectivity index (χ1n) is 8.75. The number of hydrogen-bond acceptors (Lipinski definition) is 3. The van der Waals surface area contributed by atoms with Crippen molar-refractivity contribution < 1.29 is 14.0 Å². The van der Waals surface area contributed by atoms with Crippen LogP contribution in [0, 0.1) is 0 Å². The molecule has 0 spiro atoms. The lowest BCUT2D eigenvalue weighted by atomic mass is 10.2. The molecule has 4 heteroatoms. The van der Waals surface area contributed by atoms with Gasteiger partial charge in [-0.1, -0.05) is 45.1 Å². The van der Waals surface area contributed by atoms with E-state index in [1.165, 1.54) is 0 Å². The van der Waals surface area contributed by atoms with Gasteiger partial charge in [-0.05, 0) is 51.2 Å². The van der Waals surface area contributed by atoms with Gasteiger partial charge in [-0.15, -0.1) is 0 Å². The van der Waals surface area contributed by atoms with Crippen LogP contribution in [-0.4, -0.2) is 27.0 Å². The first-order chi connectivity index (χ1) is 10.6. The van der Waals surface area contributed by atoms with E-state index in [0.29, 0.717) is 19.1 Å². The molecule has 0 aromatic rings. The Balaban J connectivity index is 3.91.